The van der Waals surface area contributed by atoms with Crippen LogP contribution in [0.15, 0.2) is 48.8 Å². The van der Waals surface area contributed by atoms with Gasteiger partial charge in [0.15, 0.2) is 0 Å². The minimum absolute atomic E-state index is 0.0546. The molecule has 2 amide bonds. The van der Waals surface area contributed by atoms with Crippen LogP contribution in [0.2, 0.25) is 0 Å². The lowest BCUT2D eigenvalue weighted by molar-refractivity contribution is 0.0635. The molecular formula is C24H29N5O3. The SMILES string of the molecule is COc1cccc(C(=O)N2CCN(CCCCNC(=O)c3cc4cnccc4[nH]3)CC2)c1. The largest absolute Gasteiger partial charge is 0.497 e. The number of rotatable bonds is 8. The number of unbranched alkanes of at least 4 members (excludes halogenated alkanes) is 1. The fourth-order valence-corrected chi connectivity index (χ4v) is 3.97. The summed E-state index contributed by atoms with van der Waals surface area (Å²) in [5, 5.41) is 3.91. The number of hydrogen-bond acceptors (Lipinski definition) is 5. The molecule has 1 aliphatic rings. The molecule has 8 nitrogen and oxygen atoms in total. The maximum atomic E-state index is 12.7. The first-order chi connectivity index (χ1) is 15.6. The van der Waals surface area contributed by atoms with Crippen molar-refractivity contribution >= 4 is 22.7 Å². The smallest absolute Gasteiger partial charge is 0.267 e. The molecule has 2 N–H and O–H groups in total. The van der Waals surface area contributed by atoms with E-state index in [-0.39, 0.29) is 11.8 Å². The van der Waals surface area contributed by atoms with Crippen molar-refractivity contribution in [3.63, 3.8) is 0 Å². The number of ether oxygens (including phenoxy) is 1. The lowest BCUT2D eigenvalue weighted by Gasteiger charge is -2.34. The molecular weight excluding hydrogens is 406 g/mol. The third kappa shape index (κ3) is 5.26. The van der Waals surface area contributed by atoms with Crippen LogP contribution in [0.3, 0.4) is 0 Å². The van der Waals surface area contributed by atoms with Gasteiger partial charge in [0.05, 0.1) is 7.11 Å². The Morgan fingerprint density at radius 3 is 2.75 bits per heavy atom. The Hall–Kier alpha value is -3.39. The molecule has 8 heteroatoms. The third-order valence-corrected chi connectivity index (χ3v) is 5.83. The summed E-state index contributed by atoms with van der Waals surface area (Å²) in [6, 6.07) is 11.0. The monoisotopic (exact) mass is 435 g/mol. The highest BCUT2D eigenvalue weighted by Crippen LogP contribution is 2.16. The van der Waals surface area contributed by atoms with Crippen molar-refractivity contribution in [1.82, 2.24) is 25.1 Å². The van der Waals surface area contributed by atoms with Crippen molar-refractivity contribution in [3.8, 4) is 5.75 Å². The minimum Gasteiger partial charge on any atom is -0.497 e. The molecule has 1 aromatic carbocycles. The molecule has 32 heavy (non-hydrogen) atoms. The first-order valence-corrected chi connectivity index (χ1v) is 11.0. The molecule has 4 rings (SSSR count). The summed E-state index contributed by atoms with van der Waals surface area (Å²) in [6.07, 6.45) is 5.36. The van der Waals surface area contributed by atoms with E-state index in [0.717, 1.165) is 56.5 Å². The molecule has 1 saturated heterocycles. The molecule has 168 valence electrons. The van der Waals surface area contributed by atoms with Crippen molar-refractivity contribution in [3.05, 3.63) is 60.0 Å². The lowest BCUT2D eigenvalue weighted by atomic mass is 10.1. The molecule has 0 spiro atoms. The van der Waals surface area contributed by atoms with E-state index in [1.54, 1.807) is 25.6 Å². The molecule has 0 unspecified atom stereocenters. The highest BCUT2D eigenvalue weighted by molar-refractivity contribution is 5.97. The van der Waals surface area contributed by atoms with E-state index in [0.29, 0.717) is 23.6 Å². The number of methoxy groups -OCH3 is 1. The topological polar surface area (TPSA) is 90.6 Å². The first-order valence-electron chi connectivity index (χ1n) is 11.0. The van der Waals surface area contributed by atoms with Crippen molar-refractivity contribution in [2.24, 2.45) is 0 Å². The minimum atomic E-state index is -0.0918. The summed E-state index contributed by atoms with van der Waals surface area (Å²) in [6.45, 7) is 4.79. The molecule has 2 aromatic heterocycles. The van der Waals surface area contributed by atoms with Crippen molar-refractivity contribution in [1.29, 1.82) is 0 Å². The molecule has 3 heterocycles. The Morgan fingerprint density at radius 2 is 1.97 bits per heavy atom. The molecule has 3 aromatic rings. The zero-order valence-electron chi connectivity index (χ0n) is 18.3. The quantitative estimate of drug-likeness (QED) is 0.531. The van der Waals surface area contributed by atoms with Crippen LogP contribution >= 0.6 is 0 Å². The van der Waals surface area contributed by atoms with Gasteiger partial charge in [-0.2, -0.15) is 0 Å². The number of benzene rings is 1. The van der Waals surface area contributed by atoms with Gasteiger partial charge in [0, 0.05) is 61.6 Å². The Bertz CT molecular complexity index is 1040. The van der Waals surface area contributed by atoms with E-state index in [2.05, 4.69) is 20.2 Å². The Labute approximate surface area is 187 Å². The number of aromatic nitrogens is 2. The highest BCUT2D eigenvalue weighted by Gasteiger charge is 2.22. The summed E-state index contributed by atoms with van der Waals surface area (Å²) < 4.78 is 5.22. The van der Waals surface area contributed by atoms with Crippen LogP contribution in [-0.2, 0) is 0 Å². The molecule has 0 bridgehead atoms. The standard InChI is InChI=1S/C24H29N5O3/c1-32-20-6-4-5-18(15-20)24(31)29-13-11-28(12-14-29)10-3-2-8-26-23(30)22-16-19-17-25-9-7-21(19)27-22/h4-7,9,15-17,27H,2-3,8,10-14H2,1H3,(H,26,30). The zero-order valence-corrected chi connectivity index (χ0v) is 18.3. The molecule has 0 radical (unpaired) electrons. The van der Waals surface area contributed by atoms with Gasteiger partial charge in [-0.05, 0) is 49.7 Å². The van der Waals surface area contributed by atoms with Gasteiger partial charge in [0.1, 0.15) is 11.4 Å². The molecule has 0 saturated carbocycles. The normalized spacial score (nSPS) is 14.5. The van der Waals surface area contributed by atoms with E-state index in [1.165, 1.54) is 0 Å². The van der Waals surface area contributed by atoms with Crippen LogP contribution in [0, 0.1) is 0 Å². The van der Waals surface area contributed by atoms with Gasteiger partial charge in [-0.25, -0.2) is 0 Å². The number of nitrogens with one attached hydrogen (secondary N) is 2. The number of fused-ring (bicyclic) bond motifs is 1. The number of hydrogen-bond donors (Lipinski definition) is 2. The number of amides is 2. The van der Waals surface area contributed by atoms with E-state index < -0.39 is 0 Å². The number of piperazine rings is 1. The average molecular weight is 436 g/mol. The van der Waals surface area contributed by atoms with Crippen LogP contribution < -0.4 is 10.1 Å². The summed E-state index contributed by atoms with van der Waals surface area (Å²) >= 11 is 0. The first kappa shape index (κ1) is 21.8. The van der Waals surface area contributed by atoms with E-state index >= 15 is 0 Å². The second-order valence-electron chi connectivity index (χ2n) is 7.97. The second kappa shape index (κ2) is 10.3. The number of carbonyl (C=O) groups excluding carboxylic acids is 2. The Morgan fingerprint density at radius 1 is 1.12 bits per heavy atom. The van der Waals surface area contributed by atoms with Crippen molar-refractivity contribution < 1.29 is 14.3 Å². The van der Waals surface area contributed by atoms with Crippen LogP contribution in [0.5, 0.6) is 5.75 Å². The summed E-state index contributed by atoms with van der Waals surface area (Å²) in [5.74, 6) is 0.660. The second-order valence-corrected chi connectivity index (χ2v) is 7.97. The lowest BCUT2D eigenvalue weighted by Crippen LogP contribution is -2.48. The van der Waals surface area contributed by atoms with Gasteiger partial charge in [-0.1, -0.05) is 6.07 Å². The maximum Gasteiger partial charge on any atom is 0.267 e. The van der Waals surface area contributed by atoms with E-state index in [4.69, 9.17) is 4.74 Å². The van der Waals surface area contributed by atoms with Gasteiger partial charge >= 0.3 is 0 Å². The molecule has 0 aliphatic carbocycles. The number of aromatic amines is 1. The summed E-state index contributed by atoms with van der Waals surface area (Å²) in [4.78, 5) is 36.5. The van der Waals surface area contributed by atoms with Crippen LogP contribution in [0.25, 0.3) is 10.9 Å². The summed E-state index contributed by atoms with van der Waals surface area (Å²) in [7, 11) is 1.60. The van der Waals surface area contributed by atoms with Crippen LogP contribution in [-0.4, -0.2) is 78.0 Å². The van der Waals surface area contributed by atoms with Gasteiger partial charge < -0.3 is 19.9 Å². The van der Waals surface area contributed by atoms with Gasteiger partial charge in [0.25, 0.3) is 11.8 Å². The zero-order chi connectivity index (χ0) is 22.3. The predicted molar refractivity (Wildman–Crippen MR) is 123 cm³/mol. The van der Waals surface area contributed by atoms with Crippen LogP contribution in [0.4, 0.5) is 0 Å². The van der Waals surface area contributed by atoms with Crippen LogP contribution in [0.1, 0.15) is 33.7 Å². The summed E-state index contributed by atoms with van der Waals surface area (Å²) in [5.41, 5.74) is 2.14. The average Bonchev–Trinajstić information content (AvgIpc) is 3.28. The van der Waals surface area contributed by atoms with E-state index in [9.17, 15) is 9.59 Å². The maximum absolute atomic E-state index is 12.7. The number of nitrogens with zero attached hydrogens (tertiary/aromatic N) is 3. The number of pyridine rings is 1. The molecule has 1 fully saturated rings. The van der Waals surface area contributed by atoms with Crippen molar-refractivity contribution in [2.75, 3.05) is 46.4 Å². The fraction of sp³-hybridized carbons (Fsp3) is 0.375. The van der Waals surface area contributed by atoms with E-state index in [1.807, 2.05) is 35.2 Å². The van der Waals surface area contributed by atoms with Crippen molar-refractivity contribution in [2.45, 2.75) is 12.8 Å². The Balaban J connectivity index is 1.14. The molecule has 0 atom stereocenters. The Kier molecular flexibility index (Phi) is 7.01. The molecule has 1 aliphatic heterocycles. The fourth-order valence-electron chi connectivity index (χ4n) is 3.97. The predicted octanol–water partition coefficient (Wildman–Crippen LogP) is 2.54. The van der Waals surface area contributed by atoms with Gasteiger partial charge in [-0.3, -0.25) is 19.5 Å². The number of H-pyrrole nitrogens is 1. The third-order valence-electron chi connectivity index (χ3n) is 5.83. The highest BCUT2D eigenvalue weighted by atomic mass is 16.5. The van der Waals surface area contributed by atoms with Gasteiger partial charge in [0.2, 0.25) is 0 Å². The number of carbonyl (C=O) groups is 2. The van der Waals surface area contributed by atoms with Gasteiger partial charge in [-0.15, -0.1) is 0 Å².